The Morgan fingerprint density at radius 3 is 2.66 bits per heavy atom. The Bertz CT molecular complexity index is 1090. The predicted molar refractivity (Wildman–Crippen MR) is 126 cm³/mol. The number of hydrogen-bond acceptors (Lipinski definition) is 7. The van der Waals surface area contributed by atoms with Crippen LogP contribution in [0.15, 0.2) is 34.8 Å². The quantitative estimate of drug-likeness (QED) is 0.489. The Morgan fingerprint density at radius 1 is 1.19 bits per heavy atom. The van der Waals surface area contributed by atoms with Crippen molar-refractivity contribution in [2.24, 2.45) is 0 Å². The minimum absolute atomic E-state index is 0.125. The number of piperidine rings is 1. The molecule has 1 aliphatic carbocycles. The first-order chi connectivity index (χ1) is 15.6. The van der Waals surface area contributed by atoms with Crippen LogP contribution in [0.5, 0.6) is 0 Å². The maximum absolute atomic E-state index is 13.1. The average Bonchev–Trinajstić information content (AvgIpc) is 3.39. The molecule has 2 aromatic heterocycles. The monoisotopic (exact) mass is 472 g/mol. The standard InChI is InChI=1S/C22H25FN6OS2/c1-14(19(30)25-20-24-18(13-31-20)15-5-7-16(23)8-6-15)32-22-27-26-21(29(22)17-9-10-17)28-11-3-2-4-12-28/h5-8,13-14,17H,2-4,9-12H2,1H3,(H,24,25,30). The number of amides is 1. The summed E-state index contributed by atoms with van der Waals surface area (Å²) in [7, 11) is 0. The van der Waals surface area contributed by atoms with Crippen molar-refractivity contribution in [1.82, 2.24) is 19.7 Å². The number of anilines is 2. The van der Waals surface area contributed by atoms with Crippen LogP contribution in [0.25, 0.3) is 11.3 Å². The molecule has 7 nitrogen and oxygen atoms in total. The van der Waals surface area contributed by atoms with E-state index in [1.807, 2.05) is 12.3 Å². The molecule has 5 rings (SSSR count). The fourth-order valence-corrected chi connectivity index (χ4v) is 5.45. The molecule has 1 N–H and O–H groups in total. The van der Waals surface area contributed by atoms with E-state index in [0.717, 1.165) is 42.6 Å². The summed E-state index contributed by atoms with van der Waals surface area (Å²) in [5, 5.41) is 14.7. The fourth-order valence-electron chi connectivity index (χ4n) is 3.81. The van der Waals surface area contributed by atoms with Crippen molar-refractivity contribution < 1.29 is 9.18 Å². The average molecular weight is 473 g/mol. The molecule has 0 bridgehead atoms. The highest BCUT2D eigenvalue weighted by Crippen LogP contribution is 2.42. The van der Waals surface area contributed by atoms with E-state index in [4.69, 9.17) is 0 Å². The van der Waals surface area contributed by atoms with Crippen molar-refractivity contribution in [3.63, 3.8) is 0 Å². The Labute approximate surface area is 194 Å². The van der Waals surface area contributed by atoms with Crippen LogP contribution >= 0.6 is 23.1 Å². The van der Waals surface area contributed by atoms with Crippen LogP contribution in [-0.4, -0.2) is 44.0 Å². The number of carbonyl (C=O) groups excluding carboxylic acids is 1. The summed E-state index contributed by atoms with van der Waals surface area (Å²) >= 11 is 2.80. The molecule has 2 aliphatic rings. The molecule has 3 aromatic rings. The highest BCUT2D eigenvalue weighted by Gasteiger charge is 2.33. The SMILES string of the molecule is CC(Sc1nnc(N2CCCCC2)n1C1CC1)C(=O)Nc1nc(-c2ccc(F)cc2)cs1. The molecule has 0 radical (unpaired) electrons. The second-order valence-corrected chi connectivity index (χ2v) is 10.4. The van der Waals surface area contributed by atoms with Gasteiger partial charge in [-0.05, 0) is 63.3 Å². The van der Waals surface area contributed by atoms with E-state index in [1.165, 1.54) is 54.5 Å². The van der Waals surface area contributed by atoms with Gasteiger partial charge in [-0.2, -0.15) is 0 Å². The normalized spacial score (nSPS) is 17.4. The molecule has 1 atom stereocenters. The van der Waals surface area contributed by atoms with Gasteiger partial charge in [0, 0.05) is 30.1 Å². The largest absolute Gasteiger partial charge is 0.341 e. The third-order valence-corrected chi connectivity index (χ3v) is 7.54. The van der Waals surface area contributed by atoms with Crippen molar-refractivity contribution in [2.45, 2.75) is 55.5 Å². The number of hydrogen-bond donors (Lipinski definition) is 1. The van der Waals surface area contributed by atoms with Crippen molar-refractivity contribution in [2.75, 3.05) is 23.3 Å². The van der Waals surface area contributed by atoms with E-state index in [1.54, 1.807) is 12.1 Å². The third kappa shape index (κ3) is 4.66. The topological polar surface area (TPSA) is 75.9 Å². The van der Waals surface area contributed by atoms with Crippen LogP contribution in [-0.2, 0) is 4.79 Å². The minimum atomic E-state index is -0.343. The minimum Gasteiger partial charge on any atom is -0.341 e. The maximum Gasteiger partial charge on any atom is 0.239 e. The molecule has 1 unspecified atom stereocenters. The van der Waals surface area contributed by atoms with Gasteiger partial charge < -0.3 is 10.2 Å². The molecule has 0 spiro atoms. The number of benzene rings is 1. The molecule has 1 saturated heterocycles. The maximum atomic E-state index is 13.1. The number of nitrogens with zero attached hydrogens (tertiary/aromatic N) is 5. The number of carbonyl (C=O) groups is 1. The number of nitrogens with one attached hydrogen (secondary N) is 1. The number of thiazole rings is 1. The smallest absolute Gasteiger partial charge is 0.239 e. The lowest BCUT2D eigenvalue weighted by Crippen LogP contribution is -2.32. The van der Waals surface area contributed by atoms with Gasteiger partial charge in [0.1, 0.15) is 5.82 Å². The number of aromatic nitrogens is 4. The molecule has 32 heavy (non-hydrogen) atoms. The van der Waals surface area contributed by atoms with Crippen LogP contribution < -0.4 is 10.2 Å². The Morgan fingerprint density at radius 2 is 1.94 bits per heavy atom. The summed E-state index contributed by atoms with van der Waals surface area (Å²) in [5.41, 5.74) is 1.53. The second-order valence-electron chi connectivity index (χ2n) is 8.23. The lowest BCUT2D eigenvalue weighted by atomic mass is 10.1. The molecule has 1 aromatic carbocycles. The van der Waals surface area contributed by atoms with E-state index >= 15 is 0 Å². The Hall–Kier alpha value is -2.46. The van der Waals surface area contributed by atoms with Gasteiger partial charge in [-0.25, -0.2) is 9.37 Å². The number of halogens is 1. The molecule has 2 fully saturated rings. The molecular formula is C22H25FN6OS2. The van der Waals surface area contributed by atoms with E-state index in [0.29, 0.717) is 16.9 Å². The summed E-state index contributed by atoms with van der Waals surface area (Å²) in [5.74, 6) is 0.539. The fraction of sp³-hybridized carbons (Fsp3) is 0.455. The van der Waals surface area contributed by atoms with Crippen molar-refractivity contribution in [1.29, 1.82) is 0 Å². The van der Waals surface area contributed by atoms with E-state index < -0.39 is 0 Å². The van der Waals surface area contributed by atoms with E-state index in [2.05, 4.69) is 30.0 Å². The highest BCUT2D eigenvalue weighted by atomic mass is 32.2. The van der Waals surface area contributed by atoms with Crippen LogP contribution in [0.4, 0.5) is 15.5 Å². The summed E-state index contributed by atoms with van der Waals surface area (Å²) in [6, 6.07) is 6.61. The van der Waals surface area contributed by atoms with Crippen LogP contribution in [0.1, 0.15) is 45.1 Å². The summed E-state index contributed by atoms with van der Waals surface area (Å²) < 4.78 is 15.4. The first-order valence-electron chi connectivity index (χ1n) is 11.0. The lowest BCUT2D eigenvalue weighted by molar-refractivity contribution is -0.115. The van der Waals surface area contributed by atoms with Gasteiger partial charge in [-0.1, -0.05) is 11.8 Å². The van der Waals surface area contributed by atoms with Gasteiger partial charge in [-0.15, -0.1) is 21.5 Å². The molecule has 3 heterocycles. The van der Waals surface area contributed by atoms with Gasteiger partial charge in [0.05, 0.1) is 10.9 Å². The first-order valence-corrected chi connectivity index (χ1v) is 12.7. The second kappa shape index (κ2) is 9.19. The molecule has 168 valence electrons. The Balaban J connectivity index is 1.25. The lowest BCUT2D eigenvalue weighted by Gasteiger charge is -2.28. The number of thioether (sulfide) groups is 1. The predicted octanol–water partition coefficient (Wildman–Crippen LogP) is 4.99. The van der Waals surface area contributed by atoms with Crippen molar-refractivity contribution >= 4 is 40.1 Å². The van der Waals surface area contributed by atoms with E-state index in [9.17, 15) is 9.18 Å². The van der Waals surface area contributed by atoms with Crippen molar-refractivity contribution in [3.8, 4) is 11.3 Å². The van der Waals surface area contributed by atoms with Gasteiger partial charge >= 0.3 is 0 Å². The van der Waals surface area contributed by atoms with E-state index in [-0.39, 0.29) is 17.0 Å². The van der Waals surface area contributed by atoms with Gasteiger partial charge in [0.2, 0.25) is 11.9 Å². The molecule has 10 heteroatoms. The van der Waals surface area contributed by atoms with Crippen LogP contribution in [0.2, 0.25) is 0 Å². The van der Waals surface area contributed by atoms with Gasteiger partial charge in [0.25, 0.3) is 0 Å². The molecular weight excluding hydrogens is 447 g/mol. The van der Waals surface area contributed by atoms with Crippen LogP contribution in [0.3, 0.4) is 0 Å². The van der Waals surface area contributed by atoms with Crippen LogP contribution in [0, 0.1) is 5.82 Å². The summed E-state index contributed by atoms with van der Waals surface area (Å²) in [6.45, 7) is 3.92. The van der Waals surface area contributed by atoms with Crippen molar-refractivity contribution in [3.05, 3.63) is 35.5 Å². The molecule has 1 saturated carbocycles. The summed E-state index contributed by atoms with van der Waals surface area (Å²) in [4.78, 5) is 19.6. The zero-order chi connectivity index (χ0) is 22.1. The molecule has 1 aliphatic heterocycles. The zero-order valence-corrected chi connectivity index (χ0v) is 19.5. The summed E-state index contributed by atoms with van der Waals surface area (Å²) in [6.07, 6.45) is 5.92. The molecule has 1 amide bonds. The first kappa shape index (κ1) is 21.4. The Kier molecular flexibility index (Phi) is 6.14. The highest BCUT2D eigenvalue weighted by molar-refractivity contribution is 8.00. The third-order valence-electron chi connectivity index (χ3n) is 5.72. The zero-order valence-electron chi connectivity index (χ0n) is 17.8. The van der Waals surface area contributed by atoms with Gasteiger partial charge in [0.15, 0.2) is 10.3 Å². The number of rotatable bonds is 7. The van der Waals surface area contributed by atoms with Gasteiger partial charge in [-0.3, -0.25) is 9.36 Å².